The number of unbranched alkanes of at least 4 members (excludes halogenated alkanes) is 19. The molecule has 0 spiro atoms. The van der Waals surface area contributed by atoms with E-state index < -0.39 is 0 Å². The van der Waals surface area contributed by atoms with Gasteiger partial charge in [-0.2, -0.15) is 0 Å². The highest BCUT2D eigenvalue weighted by Gasteiger charge is 2.24. The van der Waals surface area contributed by atoms with Crippen molar-refractivity contribution < 1.29 is 0 Å². The predicted molar refractivity (Wildman–Crippen MR) is 150 cm³/mol. The molecule has 2 nitrogen and oxygen atoms in total. The third-order valence-corrected chi connectivity index (χ3v) is 7.57. The molecule has 2 heteroatoms. The summed E-state index contributed by atoms with van der Waals surface area (Å²) in [5.74, 6) is 0. The van der Waals surface area contributed by atoms with Crippen molar-refractivity contribution >= 4 is 0 Å². The normalized spacial score (nSPS) is 15.8. The number of rotatable bonds is 25. The van der Waals surface area contributed by atoms with Crippen molar-refractivity contribution in [3.8, 4) is 0 Å². The minimum absolute atomic E-state index is 0.643. The van der Waals surface area contributed by atoms with Gasteiger partial charge in [0.05, 0.1) is 0 Å². The van der Waals surface area contributed by atoms with Gasteiger partial charge in [-0.3, -0.25) is 0 Å². The van der Waals surface area contributed by atoms with Gasteiger partial charge in [-0.15, -0.1) is 0 Å². The van der Waals surface area contributed by atoms with E-state index >= 15 is 0 Å². The smallest absolute Gasteiger partial charge is 0.101 e. The van der Waals surface area contributed by atoms with Crippen LogP contribution in [0.5, 0.6) is 0 Å². The van der Waals surface area contributed by atoms with E-state index in [1.165, 1.54) is 161 Å². The molecule has 0 aliphatic carbocycles. The second-order valence-corrected chi connectivity index (χ2v) is 10.8. The van der Waals surface area contributed by atoms with E-state index in [-0.39, 0.29) is 0 Å². The highest BCUT2D eigenvalue weighted by molar-refractivity contribution is 4.96. The Morgan fingerprint density at radius 1 is 0.394 bits per heavy atom. The molecule has 0 radical (unpaired) electrons. The lowest BCUT2D eigenvalue weighted by Crippen LogP contribution is -2.39. The van der Waals surface area contributed by atoms with Gasteiger partial charge in [-0.1, -0.05) is 143 Å². The molecule has 1 aliphatic heterocycles. The summed E-state index contributed by atoms with van der Waals surface area (Å²) in [6.45, 7) is 9.43. The molecule has 1 heterocycles. The van der Waals surface area contributed by atoms with E-state index in [1.54, 1.807) is 0 Å². The molecule has 1 aliphatic rings. The van der Waals surface area contributed by atoms with Crippen molar-refractivity contribution in [3.05, 3.63) is 12.4 Å². The first-order valence-electron chi connectivity index (χ1n) is 15.5. The van der Waals surface area contributed by atoms with E-state index in [0.29, 0.717) is 6.17 Å². The molecule has 33 heavy (non-hydrogen) atoms. The van der Waals surface area contributed by atoms with Crippen LogP contribution in [0.1, 0.15) is 168 Å². The van der Waals surface area contributed by atoms with Crippen molar-refractivity contribution in [2.75, 3.05) is 13.1 Å². The van der Waals surface area contributed by atoms with Crippen molar-refractivity contribution in [2.45, 2.75) is 175 Å². The molecule has 1 unspecified atom stereocenters. The van der Waals surface area contributed by atoms with Gasteiger partial charge in [-0.05, 0) is 25.7 Å². The Morgan fingerprint density at radius 3 is 1.15 bits per heavy atom. The van der Waals surface area contributed by atoms with Gasteiger partial charge in [0.2, 0.25) is 0 Å². The topological polar surface area (TPSA) is 6.48 Å². The van der Waals surface area contributed by atoms with E-state index in [9.17, 15) is 0 Å². The maximum absolute atomic E-state index is 2.67. The zero-order chi connectivity index (χ0) is 23.8. The first kappa shape index (κ1) is 30.4. The van der Waals surface area contributed by atoms with Crippen molar-refractivity contribution in [1.82, 2.24) is 9.80 Å². The molecule has 1 rings (SSSR count). The quantitative estimate of drug-likeness (QED) is 0.124. The number of hydrogen-bond acceptors (Lipinski definition) is 2. The first-order chi connectivity index (χ1) is 16.3. The van der Waals surface area contributed by atoms with Crippen LogP contribution in [0, 0.1) is 0 Å². The Morgan fingerprint density at radius 2 is 0.727 bits per heavy atom. The zero-order valence-corrected chi connectivity index (χ0v) is 23.3. The van der Waals surface area contributed by atoms with Gasteiger partial charge >= 0.3 is 0 Å². The summed E-state index contributed by atoms with van der Waals surface area (Å²) in [5, 5.41) is 0. The molecule has 0 amide bonds. The first-order valence-corrected chi connectivity index (χ1v) is 15.5. The van der Waals surface area contributed by atoms with E-state index in [4.69, 9.17) is 0 Å². The molecule has 0 saturated carbocycles. The van der Waals surface area contributed by atoms with Crippen LogP contribution >= 0.6 is 0 Å². The summed E-state index contributed by atoms with van der Waals surface area (Å²) < 4.78 is 0. The van der Waals surface area contributed by atoms with E-state index in [1.807, 2.05) is 0 Å². The molecule has 0 bridgehead atoms. The van der Waals surface area contributed by atoms with Gasteiger partial charge in [0.15, 0.2) is 0 Å². The maximum Gasteiger partial charge on any atom is 0.101 e. The molecular weight excluding hydrogens is 400 g/mol. The largest absolute Gasteiger partial charge is 0.356 e. The molecule has 0 aromatic heterocycles. The summed E-state index contributed by atoms with van der Waals surface area (Å²) in [7, 11) is 0. The van der Waals surface area contributed by atoms with Crippen LogP contribution in [0.3, 0.4) is 0 Å². The van der Waals surface area contributed by atoms with Crippen LogP contribution in [-0.4, -0.2) is 29.1 Å². The summed E-state index contributed by atoms with van der Waals surface area (Å²) in [6, 6.07) is 0. The summed E-state index contributed by atoms with van der Waals surface area (Å²) >= 11 is 0. The second kappa shape index (κ2) is 23.1. The second-order valence-electron chi connectivity index (χ2n) is 10.8. The fourth-order valence-corrected chi connectivity index (χ4v) is 5.28. The Kier molecular flexibility index (Phi) is 21.3. The van der Waals surface area contributed by atoms with Crippen LogP contribution in [-0.2, 0) is 0 Å². The summed E-state index contributed by atoms with van der Waals surface area (Å²) in [4.78, 5) is 5.32. The fourth-order valence-electron chi connectivity index (χ4n) is 5.28. The summed E-state index contributed by atoms with van der Waals surface area (Å²) in [5.41, 5.74) is 0. The standard InChI is InChI=1S/C31H62N2/c1-4-7-10-12-14-16-17-19-21-23-25-28-33-30-29-32(27-9-6-3)31(33)26-24-22-20-18-15-13-11-8-5-2/h29-31H,4-28H2,1-3H3. The monoisotopic (exact) mass is 462 g/mol. The Hall–Kier alpha value is -0.660. The van der Waals surface area contributed by atoms with Gasteiger partial charge < -0.3 is 9.80 Å². The number of nitrogens with zero attached hydrogens (tertiary/aromatic N) is 2. The molecule has 0 N–H and O–H groups in total. The lowest BCUT2D eigenvalue weighted by Gasteiger charge is -2.33. The third kappa shape index (κ3) is 16.6. The Balaban J connectivity index is 2.13. The van der Waals surface area contributed by atoms with Crippen LogP contribution in [0.15, 0.2) is 12.4 Å². The molecule has 0 aromatic rings. The maximum atomic E-state index is 2.67. The van der Waals surface area contributed by atoms with Crippen LogP contribution in [0.25, 0.3) is 0 Å². The molecule has 0 saturated heterocycles. The molecule has 0 aromatic carbocycles. The highest BCUT2D eigenvalue weighted by atomic mass is 15.4. The minimum Gasteiger partial charge on any atom is -0.356 e. The fraction of sp³-hybridized carbons (Fsp3) is 0.935. The average Bonchev–Trinajstić information content (AvgIpc) is 3.21. The minimum atomic E-state index is 0.643. The van der Waals surface area contributed by atoms with Gasteiger partial charge in [0.1, 0.15) is 6.17 Å². The van der Waals surface area contributed by atoms with Gasteiger partial charge in [0.25, 0.3) is 0 Å². The van der Waals surface area contributed by atoms with Crippen molar-refractivity contribution in [2.24, 2.45) is 0 Å². The van der Waals surface area contributed by atoms with Crippen LogP contribution in [0.2, 0.25) is 0 Å². The van der Waals surface area contributed by atoms with Crippen molar-refractivity contribution in [1.29, 1.82) is 0 Å². The third-order valence-electron chi connectivity index (χ3n) is 7.57. The van der Waals surface area contributed by atoms with Gasteiger partial charge in [-0.25, -0.2) is 0 Å². The highest BCUT2D eigenvalue weighted by Crippen LogP contribution is 2.23. The van der Waals surface area contributed by atoms with E-state index in [2.05, 4.69) is 43.0 Å². The predicted octanol–water partition coefficient (Wildman–Crippen LogP) is 10.4. The van der Waals surface area contributed by atoms with Crippen LogP contribution in [0.4, 0.5) is 0 Å². The lowest BCUT2D eigenvalue weighted by atomic mass is 10.0. The SMILES string of the molecule is CCCCCCCCCCCCCN1C=CN(CCCC)C1CCCCCCCCCCC. The number of hydrogen-bond donors (Lipinski definition) is 0. The Bertz CT molecular complexity index is 419. The average molecular weight is 463 g/mol. The van der Waals surface area contributed by atoms with Gasteiger partial charge in [0, 0.05) is 25.5 Å². The molecular formula is C31H62N2. The molecule has 0 fully saturated rings. The lowest BCUT2D eigenvalue weighted by molar-refractivity contribution is 0.136. The van der Waals surface area contributed by atoms with E-state index in [0.717, 1.165) is 0 Å². The zero-order valence-electron chi connectivity index (χ0n) is 23.3. The molecule has 1 atom stereocenters. The van der Waals surface area contributed by atoms with Crippen LogP contribution < -0.4 is 0 Å². The van der Waals surface area contributed by atoms with Crippen molar-refractivity contribution in [3.63, 3.8) is 0 Å². The molecule has 196 valence electrons. The Labute approximate surface area is 210 Å². The summed E-state index contributed by atoms with van der Waals surface area (Å²) in [6.07, 6.45) is 38.1.